The van der Waals surface area contributed by atoms with E-state index in [1.54, 1.807) is 0 Å². The summed E-state index contributed by atoms with van der Waals surface area (Å²) in [6.45, 7) is 0. The molecule has 0 heterocycles. The summed E-state index contributed by atoms with van der Waals surface area (Å²) < 4.78 is 18.7. The molecule has 0 saturated carbocycles. The molecular weight excluding hydrogens is 291 g/mol. The summed E-state index contributed by atoms with van der Waals surface area (Å²) in [6, 6.07) is 7.86. The molecule has 0 radical (unpaired) electrons. The zero-order valence-electron chi connectivity index (χ0n) is 11.6. The molecule has 7 heteroatoms. The van der Waals surface area contributed by atoms with Crippen LogP contribution in [0.5, 0.6) is 5.75 Å². The lowest BCUT2D eigenvalue weighted by molar-refractivity contribution is 0.0697. The van der Waals surface area contributed by atoms with Gasteiger partial charge in [0.25, 0.3) is 5.91 Å². The number of benzene rings is 2. The van der Waals surface area contributed by atoms with Crippen molar-refractivity contribution in [3.63, 3.8) is 0 Å². The van der Waals surface area contributed by atoms with Crippen LogP contribution in [0.15, 0.2) is 36.4 Å². The van der Waals surface area contributed by atoms with Gasteiger partial charge in [-0.2, -0.15) is 0 Å². The molecule has 22 heavy (non-hydrogen) atoms. The minimum absolute atomic E-state index is 0.0837. The third kappa shape index (κ3) is 2.98. The molecule has 0 bridgehead atoms. The number of rotatable bonds is 4. The van der Waals surface area contributed by atoms with Gasteiger partial charge in [0.05, 0.1) is 23.9 Å². The van der Waals surface area contributed by atoms with E-state index in [0.29, 0.717) is 5.75 Å². The van der Waals surface area contributed by atoms with Crippen LogP contribution < -0.4 is 15.8 Å². The number of carboxylic acids is 1. The molecule has 0 atom stereocenters. The van der Waals surface area contributed by atoms with Gasteiger partial charge in [0.1, 0.15) is 11.6 Å². The summed E-state index contributed by atoms with van der Waals surface area (Å²) in [7, 11) is 1.45. The van der Waals surface area contributed by atoms with E-state index in [9.17, 15) is 14.0 Å². The van der Waals surface area contributed by atoms with E-state index >= 15 is 0 Å². The Balaban J connectivity index is 2.36. The summed E-state index contributed by atoms with van der Waals surface area (Å²) in [5, 5.41) is 11.3. The van der Waals surface area contributed by atoms with Crippen LogP contribution in [-0.2, 0) is 0 Å². The molecule has 0 aromatic heterocycles. The van der Waals surface area contributed by atoms with Gasteiger partial charge in [-0.25, -0.2) is 9.18 Å². The molecular formula is C15H13FN2O4. The molecule has 2 aromatic rings. The zero-order chi connectivity index (χ0) is 16.3. The highest BCUT2D eigenvalue weighted by molar-refractivity contribution is 6.10. The highest BCUT2D eigenvalue weighted by atomic mass is 19.1. The number of carbonyl (C=O) groups excluding carboxylic acids is 1. The third-order valence-electron chi connectivity index (χ3n) is 2.99. The Kier molecular flexibility index (Phi) is 4.26. The summed E-state index contributed by atoms with van der Waals surface area (Å²) in [5.41, 5.74) is 5.20. The number of hydrogen-bond donors (Lipinski definition) is 3. The molecule has 1 amide bonds. The van der Waals surface area contributed by atoms with Crippen molar-refractivity contribution in [1.29, 1.82) is 0 Å². The molecule has 0 unspecified atom stereocenters. The van der Waals surface area contributed by atoms with Crippen molar-refractivity contribution in [3.8, 4) is 5.75 Å². The fraction of sp³-hybridized carbons (Fsp3) is 0.0667. The zero-order valence-corrected chi connectivity index (χ0v) is 11.6. The second-order valence-corrected chi connectivity index (χ2v) is 4.37. The Bertz CT molecular complexity index is 746. The number of aromatic carboxylic acids is 1. The Hall–Kier alpha value is -3.09. The number of carbonyl (C=O) groups is 2. The number of methoxy groups -OCH3 is 1. The van der Waals surface area contributed by atoms with E-state index in [0.717, 1.165) is 6.07 Å². The number of halogens is 1. The number of carboxylic acid groups (broad SMARTS) is 1. The second-order valence-electron chi connectivity index (χ2n) is 4.37. The predicted molar refractivity (Wildman–Crippen MR) is 78.7 cm³/mol. The lowest BCUT2D eigenvalue weighted by Crippen LogP contribution is -2.17. The molecule has 4 N–H and O–H groups in total. The molecule has 2 rings (SSSR count). The normalized spacial score (nSPS) is 10.1. The molecule has 0 aliphatic heterocycles. The van der Waals surface area contributed by atoms with Gasteiger partial charge in [0.2, 0.25) is 0 Å². The van der Waals surface area contributed by atoms with Crippen LogP contribution in [0.25, 0.3) is 0 Å². The van der Waals surface area contributed by atoms with Crippen molar-refractivity contribution < 1.29 is 23.8 Å². The van der Waals surface area contributed by atoms with E-state index in [1.807, 2.05) is 0 Å². The van der Waals surface area contributed by atoms with E-state index in [-0.39, 0.29) is 16.8 Å². The van der Waals surface area contributed by atoms with Crippen molar-refractivity contribution in [3.05, 3.63) is 53.3 Å². The molecule has 6 nitrogen and oxygen atoms in total. The smallest absolute Gasteiger partial charge is 0.337 e. The fourth-order valence-corrected chi connectivity index (χ4v) is 1.88. The minimum Gasteiger partial charge on any atom is -0.497 e. The molecule has 114 valence electrons. The highest BCUT2D eigenvalue weighted by Gasteiger charge is 2.18. The maximum absolute atomic E-state index is 13.8. The van der Waals surface area contributed by atoms with E-state index < -0.39 is 23.4 Å². The van der Waals surface area contributed by atoms with Crippen molar-refractivity contribution in [2.24, 2.45) is 0 Å². The first-order chi connectivity index (χ1) is 10.4. The van der Waals surface area contributed by atoms with Gasteiger partial charge in [-0.15, -0.1) is 0 Å². The van der Waals surface area contributed by atoms with Crippen LogP contribution in [0.1, 0.15) is 20.7 Å². The minimum atomic E-state index is -1.35. The first-order valence-corrected chi connectivity index (χ1v) is 6.20. The number of anilines is 2. The lowest BCUT2D eigenvalue weighted by Gasteiger charge is -2.11. The molecule has 0 spiro atoms. The Morgan fingerprint density at radius 2 is 1.95 bits per heavy atom. The summed E-state index contributed by atoms with van der Waals surface area (Å²) in [6.07, 6.45) is 0. The molecule has 2 aromatic carbocycles. The van der Waals surface area contributed by atoms with Crippen LogP contribution >= 0.6 is 0 Å². The maximum atomic E-state index is 13.8. The standard InChI is InChI=1S/C15H13FN2O4/c1-22-8-5-6-9(12(17)7-8)14(19)18-13-10(15(20)21)3-2-4-11(13)16/h2-7H,17H2,1H3,(H,18,19)(H,20,21). The fourth-order valence-electron chi connectivity index (χ4n) is 1.88. The Labute approximate surface area is 125 Å². The predicted octanol–water partition coefficient (Wildman–Crippen LogP) is 2.37. The number of amides is 1. The van der Waals surface area contributed by atoms with Crippen LogP contribution in [0.4, 0.5) is 15.8 Å². The van der Waals surface area contributed by atoms with Gasteiger partial charge in [-0.1, -0.05) is 6.07 Å². The average molecular weight is 304 g/mol. The van der Waals surface area contributed by atoms with Crippen molar-refractivity contribution >= 4 is 23.3 Å². The van der Waals surface area contributed by atoms with Gasteiger partial charge in [0.15, 0.2) is 0 Å². The Morgan fingerprint density at radius 3 is 2.55 bits per heavy atom. The first kappa shape index (κ1) is 15.3. The monoisotopic (exact) mass is 304 g/mol. The van der Waals surface area contributed by atoms with Crippen molar-refractivity contribution in [1.82, 2.24) is 0 Å². The maximum Gasteiger partial charge on any atom is 0.337 e. The van der Waals surface area contributed by atoms with Gasteiger partial charge in [0, 0.05) is 11.8 Å². The van der Waals surface area contributed by atoms with E-state index in [2.05, 4.69) is 5.32 Å². The van der Waals surface area contributed by atoms with Gasteiger partial charge in [-0.3, -0.25) is 4.79 Å². The number of para-hydroxylation sites is 1. The average Bonchev–Trinajstić information content (AvgIpc) is 2.48. The lowest BCUT2D eigenvalue weighted by atomic mass is 10.1. The number of hydrogen-bond acceptors (Lipinski definition) is 4. The second kappa shape index (κ2) is 6.13. The molecule has 0 saturated heterocycles. The number of nitrogen functional groups attached to an aromatic ring is 1. The Morgan fingerprint density at radius 1 is 1.23 bits per heavy atom. The summed E-state index contributed by atoms with van der Waals surface area (Å²) in [4.78, 5) is 23.3. The third-order valence-corrected chi connectivity index (χ3v) is 2.99. The number of nitrogens with two attached hydrogens (primary N) is 1. The van der Waals surface area contributed by atoms with Crippen LogP contribution in [0, 0.1) is 5.82 Å². The number of nitrogens with one attached hydrogen (secondary N) is 1. The molecule has 0 aliphatic carbocycles. The summed E-state index contributed by atoms with van der Waals surface area (Å²) in [5.74, 6) is -2.45. The van der Waals surface area contributed by atoms with Crippen molar-refractivity contribution in [2.75, 3.05) is 18.2 Å². The topological polar surface area (TPSA) is 102 Å². The van der Waals surface area contributed by atoms with Gasteiger partial charge < -0.3 is 20.9 Å². The van der Waals surface area contributed by atoms with Crippen LogP contribution in [0.2, 0.25) is 0 Å². The number of ether oxygens (including phenoxy) is 1. The van der Waals surface area contributed by atoms with E-state index in [4.69, 9.17) is 15.6 Å². The quantitative estimate of drug-likeness (QED) is 0.753. The van der Waals surface area contributed by atoms with Gasteiger partial charge in [-0.05, 0) is 24.3 Å². The van der Waals surface area contributed by atoms with E-state index in [1.165, 1.54) is 37.4 Å². The van der Waals surface area contributed by atoms with Gasteiger partial charge >= 0.3 is 5.97 Å². The first-order valence-electron chi connectivity index (χ1n) is 6.20. The SMILES string of the molecule is COc1ccc(C(=O)Nc2c(F)cccc2C(=O)O)c(N)c1. The summed E-state index contributed by atoms with van der Waals surface area (Å²) >= 11 is 0. The molecule has 0 aliphatic rings. The highest BCUT2D eigenvalue weighted by Crippen LogP contribution is 2.24. The van der Waals surface area contributed by atoms with Crippen LogP contribution in [-0.4, -0.2) is 24.1 Å². The molecule has 0 fully saturated rings. The largest absolute Gasteiger partial charge is 0.497 e. The van der Waals surface area contributed by atoms with Crippen LogP contribution in [0.3, 0.4) is 0 Å². The van der Waals surface area contributed by atoms with Crippen molar-refractivity contribution in [2.45, 2.75) is 0 Å².